The van der Waals surface area contributed by atoms with Crippen LogP contribution >= 0.6 is 0 Å². The highest BCUT2D eigenvalue weighted by Gasteiger charge is 2.44. The van der Waals surface area contributed by atoms with Gasteiger partial charge >= 0.3 is 0 Å². The van der Waals surface area contributed by atoms with Crippen LogP contribution < -0.4 is 25.9 Å². The number of aryl methyl sites for hydroxylation is 2. The monoisotopic (exact) mass is 1110 g/mol. The van der Waals surface area contributed by atoms with E-state index >= 15 is 0 Å². The van der Waals surface area contributed by atoms with Crippen molar-refractivity contribution < 1.29 is 8.98 Å². The van der Waals surface area contributed by atoms with E-state index in [0.29, 0.717) is 11.8 Å². The molecule has 3 aromatic heterocycles. The fourth-order valence-corrected chi connectivity index (χ4v) is 14.4. The molecular formula is C79H82BN4O+. The fourth-order valence-electron chi connectivity index (χ4n) is 14.4. The highest BCUT2D eigenvalue weighted by atomic mass is 16.3. The largest absolute Gasteiger partial charge is 0.455 e. The van der Waals surface area contributed by atoms with Gasteiger partial charge in [0, 0.05) is 60.9 Å². The lowest BCUT2D eigenvalue weighted by Crippen LogP contribution is -2.60. The van der Waals surface area contributed by atoms with Gasteiger partial charge in [-0.15, -0.1) is 0 Å². The lowest BCUT2D eigenvalue weighted by atomic mass is 9.33. The van der Waals surface area contributed by atoms with Crippen LogP contribution in [0.15, 0.2) is 162 Å². The van der Waals surface area contributed by atoms with E-state index in [1.807, 2.05) is 0 Å². The van der Waals surface area contributed by atoms with Crippen molar-refractivity contribution in [3.8, 4) is 33.9 Å². The standard InChI is InChI=1S/C79H82BN4O/c1-45(2)55-22-21-23-56(46(3)4)72(55)84-66-25-20-19-24-65(66)81(18)75(84)70-47(5)26-34-58-57-35-27-48(40-69(57)85-74(58)70)49-38-67-71-68(39-49)83-63-36-30-51(77(9,10)11)41-59(63)60-42-53(79(15,16)17)44-62(73(60)83)80(71)61-43-52(78(12,13)14)31-37-64(61)82(67)54-32-28-50(29-33-54)76(6,7)8/h19-46H,1-18H3/q+1. The number of furan rings is 1. The number of aromatic nitrogens is 3. The molecule has 0 radical (unpaired) electrons. The molecule has 0 N–H and O–H groups in total. The smallest absolute Gasteiger partial charge is 0.299 e. The summed E-state index contributed by atoms with van der Waals surface area (Å²) >= 11 is 0. The van der Waals surface area contributed by atoms with Crippen LogP contribution in [0.25, 0.3) is 88.7 Å². The van der Waals surface area contributed by atoms with Crippen molar-refractivity contribution in [3.05, 3.63) is 197 Å². The molecule has 426 valence electrons. The van der Waals surface area contributed by atoms with E-state index in [4.69, 9.17) is 4.42 Å². The predicted octanol–water partition coefficient (Wildman–Crippen LogP) is 19.1. The molecule has 9 aromatic carbocycles. The number of anilines is 3. The van der Waals surface area contributed by atoms with Crippen molar-refractivity contribution in [2.45, 2.75) is 151 Å². The minimum atomic E-state index is -0.0827. The van der Waals surface area contributed by atoms with Crippen molar-refractivity contribution in [1.82, 2.24) is 9.13 Å². The number of benzene rings is 9. The van der Waals surface area contributed by atoms with Gasteiger partial charge in [-0.25, -0.2) is 4.57 Å². The molecule has 5 nitrogen and oxygen atoms in total. The Kier molecular flexibility index (Phi) is 12.1. The van der Waals surface area contributed by atoms with Crippen molar-refractivity contribution in [2.24, 2.45) is 7.05 Å². The fraction of sp³-hybridized carbons (Fsp3) is 0.304. The van der Waals surface area contributed by atoms with Crippen LogP contribution in [0.3, 0.4) is 0 Å². The van der Waals surface area contributed by atoms with Gasteiger partial charge in [-0.1, -0.05) is 196 Å². The number of para-hydroxylation sites is 3. The topological polar surface area (TPSA) is 30.1 Å². The van der Waals surface area contributed by atoms with E-state index in [1.165, 1.54) is 111 Å². The highest BCUT2D eigenvalue weighted by Crippen LogP contribution is 2.48. The Morgan fingerprint density at radius 3 is 1.74 bits per heavy atom. The summed E-state index contributed by atoms with van der Waals surface area (Å²) < 4.78 is 15.0. The molecule has 0 amide bonds. The molecule has 0 spiro atoms. The SMILES string of the molecule is Cc1ccc2c(oc3cc(-c4cc5c6c(c4)-n4c7ccc(C(C)(C)C)cc7c7cc(C(C)(C)C)cc(c74)B6c4cc(C(C)(C)C)ccc4N5c4ccc(C(C)(C)C)cc4)ccc32)c1-c1n(-c2c(C(C)C)cccc2C(C)C)c2ccccc2[n+]1C. The first-order valence-corrected chi connectivity index (χ1v) is 31.1. The maximum atomic E-state index is 7.46. The van der Waals surface area contributed by atoms with Crippen LogP contribution in [-0.2, 0) is 28.7 Å². The quantitative estimate of drug-likeness (QED) is 0.123. The molecule has 2 aliphatic heterocycles. The molecule has 0 bridgehead atoms. The van der Waals surface area contributed by atoms with Crippen molar-refractivity contribution in [3.63, 3.8) is 0 Å². The molecule has 14 rings (SSSR count). The highest BCUT2D eigenvalue weighted by molar-refractivity contribution is 7.00. The lowest BCUT2D eigenvalue weighted by Gasteiger charge is -2.41. The Bertz CT molecular complexity index is 4750. The summed E-state index contributed by atoms with van der Waals surface area (Å²) in [6.45, 7) is 39.6. The Morgan fingerprint density at radius 2 is 1.07 bits per heavy atom. The van der Waals surface area contributed by atoms with Crippen LogP contribution in [-0.4, -0.2) is 15.8 Å². The third kappa shape index (κ3) is 8.35. The van der Waals surface area contributed by atoms with E-state index in [1.54, 1.807) is 0 Å². The first kappa shape index (κ1) is 54.8. The number of fused-ring (bicyclic) bond motifs is 11. The van der Waals surface area contributed by atoms with Gasteiger partial charge in [-0.05, 0) is 169 Å². The van der Waals surface area contributed by atoms with E-state index in [2.05, 4.69) is 301 Å². The normalized spacial score (nSPS) is 13.7. The van der Waals surface area contributed by atoms with Crippen molar-refractivity contribution in [2.75, 3.05) is 4.90 Å². The number of nitrogens with zero attached hydrogens (tertiary/aromatic N) is 4. The molecule has 6 heteroatoms. The Morgan fingerprint density at radius 1 is 0.471 bits per heavy atom. The number of imidazole rings is 1. The van der Waals surface area contributed by atoms with Gasteiger partial charge in [-0.3, -0.25) is 0 Å². The number of rotatable bonds is 6. The molecule has 0 saturated carbocycles. The zero-order valence-corrected chi connectivity index (χ0v) is 53.4. The minimum absolute atomic E-state index is 0.00757. The van der Waals surface area contributed by atoms with Gasteiger partial charge in [-0.2, -0.15) is 4.57 Å². The zero-order chi connectivity index (χ0) is 59.9. The summed E-state index contributed by atoms with van der Waals surface area (Å²) in [5.74, 6) is 1.74. The first-order valence-electron chi connectivity index (χ1n) is 31.1. The van der Waals surface area contributed by atoms with E-state index in [0.717, 1.165) is 50.1 Å². The van der Waals surface area contributed by atoms with E-state index in [9.17, 15) is 0 Å². The summed E-state index contributed by atoms with van der Waals surface area (Å²) in [7, 11) is 2.23. The van der Waals surface area contributed by atoms with E-state index < -0.39 is 0 Å². The third-order valence-electron chi connectivity index (χ3n) is 19.3. The zero-order valence-electron chi connectivity index (χ0n) is 53.4. The Balaban J connectivity index is 1.06. The molecule has 0 aliphatic carbocycles. The van der Waals surface area contributed by atoms with E-state index in [-0.39, 0.29) is 28.4 Å². The molecule has 0 unspecified atom stereocenters. The molecule has 2 aliphatic rings. The second-order valence-electron chi connectivity index (χ2n) is 29.8. The van der Waals surface area contributed by atoms with Crippen molar-refractivity contribution >= 4 is 94.9 Å². The second kappa shape index (κ2) is 18.7. The number of hydrogen-bond donors (Lipinski definition) is 0. The van der Waals surface area contributed by atoms with Gasteiger partial charge in [0.2, 0.25) is 0 Å². The summed E-state index contributed by atoms with van der Waals surface area (Å²) in [6.07, 6.45) is 0. The predicted molar refractivity (Wildman–Crippen MR) is 364 cm³/mol. The maximum Gasteiger partial charge on any atom is 0.299 e. The summed E-state index contributed by atoms with van der Waals surface area (Å²) in [6, 6.07) is 61.5. The van der Waals surface area contributed by atoms with Crippen LogP contribution in [0.2, 0.25) is 0 Å². The second-order valence-corrected chi connectivity index (χ2v) is 29.8. The third-order valence-corrected chi connectivity index (χ3v) is 19.3. The molecular weight excluding hydrogens is 1030 g/mol. The van der Waals surface area contributed by atoms with Crippen LogP contribution in [0.4, 0.5) is 17.1 Å². The maximum absolute atomic E-state index is 7.46. The van der Waals surface area contributed by atoms with Crippen LogP contribution in [0, 0.1) is 6.92 Å². The van der Waals surface area contributed by atoms with Gasteiger partial charge in [0.05, 0.1) is 12.6 Å². The van der Waals surface area contributed by atoms with Crippen LogP contribution in [0.1, 0.15) is 162 Å². The minimum Gasteiger partial charge on any atom is -0.455 e. The average Bonchev–Trinajstić information content (AvgIpc) is 1.70. The molecule has 85 heavy (non-hydrogen) atoms. The lowest BCUT2D eigenvalue weighted by molar-refractivity contribution is -0.633. The molecule has 5 heterocycles. The number of hydrogen-bond acceptors (Lipinski definition) is 2. The summed E-state index contributed by atoms with van der Waals surface area (Å²) in [5, 5.41) is 4.85. The van der Waals surface area contributed by atoms with Gasteiger partial charge in [0.15, 0.2) is 16.6 Å². The molecule has 0 saturated heterocycles. The Labute approximate surface area is 504 Å². The van der Waals surface area contributed by atoms with Gasteiger partial charge in [0.25, 0.3) is 12.5 Å². The summed E-state index contributed by atoms with van der Waals surface area (Å²) in [4.78, 5) is 2.59. The Hall–Kier alpha value is -8.09. The molecule has 0 atom stereocenters. The molecule has 0 fully saturated rings. The van der Waals surface area contributed by atoms with Crippen molar-refractivity contribution in [1.29, 1.82) is 0 Å². The van der Waals surface area contributed by atoms with Crippen LogP contribution in [0.5, 0.6) is 0 Å². The van der Waals surface area contributed by atoms with Gasteiger partial charge < -0.3 is 13.9 Å². The van der Waals surface area contributed by atoms with Gasteiger partial charge in [0.1, 0.15) is 16.8 Å². The first-order chi connectivity index (χ1) is 40.2. The molecule has 12 aromatic rings. The average molecular weight is 1110 g/mol. The summed E-state index contributed by atoms with van der Waals surface area (Å²) in [5.41, 5.74) is 29.2.